The highest BCUT2D eigenvalue weighted by Gasteiger charge is 2.28. The highest BCUT2D eigenvalue weighted by Crippen LogP contribution is 2.38. The van der Waals surface area contributed by atoms with E-state index in [0.717, 1.165) is 24.1 Å². The van der Waals surface area contributed by atoms with Crippen molar-refractivity contribution in [3.05, 3.63) is 69.8 Å². The summed E-state index contributed by atoms with van der Waals surface area (Å²) >= 11 is 0. The number of aryl methyl sites for hydroxylation is 1. The zero-order chi connectivity index (χ0) is 24.7. The summed E-state index contributed by atoms with van der Waals surface area (Å²) in [5.41, 5.74) is 1.81. The van der Waals surface area contributed by atoms with Gasteiger partial charge in [-0.2, -0.15) is 0 Å². The number of carbonyl (C=O) groups is 2. The molecule has 1 amide bonds. The van der Waals surface area contributed by atoms with E-state index in [1.807, 2.05) is 41.0 Å². The SMILES string of the molecule is Cc1ccc(NC(=O)CN2CCN(c3cc4c(cc3F)c(=O)c(C(=O)O)cn4C3CC3)CC2)cc1. The minimum absolute atomic E-state index is 0.0875. The number of carboxylic acids is 1. The zero-order valence-electron chi connectivity index (χ0n) is 19.5. The molecule has 8 nitrogen and oxygen atoms in total. The number of amides is 1. The van der Waals surface area contributed by atoms with Gasteiger partial charge in [0, 0.05) is 49.5 Å². The van der Waals surface area contributed by atoms with Crippen LogP contribution in [0, 0.1) is 12.7 Å². The lowest BCUT2D eigenvalue weighted by Crippen LogP contribution is -2.49. The number of carbonyl (C=O) groups excluding carboxylic acids is 1. The van der Waals surface area contributed by atoms with E-state index in [-0.39, 0.29) is 29.4 Å². The number of benzene rings is 2. The maximum atomic E-state index is 15.1. The molecule has 35 heavy (non-hydrogen) atoms. The van der Waals surface area contributed by atoms with Crippen LogP contribution in [0.5, 0.6) is 0 Å². The average Bonchev–Trinajstić information content (AvgIpc) is 3.67. The predicted octanol–water partition coefficient (Wildman–Crippen LogP) is 3.24. The monoisotopic (exact) mass is 478 g/mol. The van der Waals surface area contributed by atoms with Crippen LogP contribution in [0.4, 0.5) is 15.8 Å². The van der Waals surface area contributed by atoms with Crippen LogP contribution < -0.4 is 15.6 Å². The molecule has 0 bridgehead atoms. The fourth-order valence-electron chi connectivity index (χ4n) is 4.60. The van der Waals surface area contributed by atoms with Gasteiger partial charge in [0.15, 0.2) is 0 Å². The molecule has 2 fully saturated rings. The van der Waals surface area contributed by atoms with Gasteiger partial charge < -0.3 is 19.9 Å². The second-order valence-corrected chi connectivity index (χ2v) is 9.31. The fourth-order valence-corrected chi connectivity index (χ4v) is 4.60. The van der Waals surface area contributed by atoms with Crippen molar-refractivity contribution >= 4 is 34.2 Å². The van der Waals surface area contributed by atoms with Crippen LogP contribution in [0.1, 0.15) is 34.8 Å². The summed E-state index contributed by atoms with van der Waals surface area (Å²) in [6, 6.07) is 10.6. The molecule has 2 N–H and O–H groups in total. The van der Waals surface area contributed by atoms with Crippen molar-refractivity contribution < 1.29 is 19.1 Å². The number of halogens is 1. The number of anilines is 2. The van der Waals surface area contributed by atoms with Crippen LogP contribution in [0.3, 0.4) is 0 Å². The number of aromatic nitrogens is 1. The molecule has 182 valence electrons. The molecule has 5 rings (SSSR count). The van der Waals surface area contributed by atoms with E-state index in [2.05, 4.69) is 5.32 Å². The predicted molar refractivity (Wildman–Crippen MR) is 132 cm³/mol. The van der Waals surface area contributed by atoms with E-state index in [4.69, 9.17) is 0 Å². The Kier molecular flexibility index (Phi) is 6.02. The first kappa shape index (κ1) is 23.0. The molecule has 1 aliphatic carbocycles. The molecule has 1 aromatic heterocycles. The van der Waals surface area contributed by atoms with E-state index in [1.54, 1.807) is 10.6 Å². The number of hydrogen-bond donors (Lipinski definition) is 2. The van der Waals surface area contributed by atoms with Crippen LogP contribution in [-0.4, -0.2) is 59.2 Å². The van der Waals surface area contributed by atoms with Crippen LogP contribution in [-0.2, 0) is 4.79 Å². The van der Waals surface area contributed by atoms with Gasteiger partial charge in [-0.05, 0) is 44.0 Å². The van der Waals surface area contributed by atoms with Gasteiger partial charge in [0.2, 0.25) is 11.3 Å². The molecule has 1 saturated carbocycles. The lowest BCUT2D eigenvalue weighted by atomic mass is 10.1. The number of pyridine rings is 1. The Labute approximate surface area is 201 Å². The molecule has 2 aromatic carbocycles. The number of aromatic carboxylic acids is 1. The number of piperazine rings is 1. The lowest BCUT2D eigenvalue weighted by Gasteiger charge is -2.36. The first-order valence-electron chi connectivity index (χ1n) is 11.8. The highest BCUT2D eigenvalue weighted by atomic mass is 19.1. The van der Waals surface area contributed by atoms with Gasteiger partial charge in [-0.25, -0.2) is 9.18 Å². The van der Waals surface area contributed by atoms with E-state index in [9.17, 15) is 19.5 Å². The number of rotatable bonds is 6. The Bertz CT molecular complexity index is 1360. The van der Waals surface area contributed by atoms with Gasteiger partial charge in [-0.3, -0.25) is 14.5 Å². The van der Waals surface area contributed by atoms with Crippen molar-refractivity contribution in [3.63, 3.8) is 0 Å². The van der Waals surface area contributed by atoms with Crippen LogP contribution >= 0.6 is 0 Å². The number of nitrogens with one attached hydrogen (secondary N) is 1. The van der Waals surface area contributed by atoms with Crippen molar-refractivity contribution in [2.45, 2.75) is 25.8 Å². The molecule has 3 aromatic rings. The Balaban J connectivity index is 1.31. The third kappa shape index (κ3) is 4.77. The molecule has 1 saturated heterocycles. The van der Waals surface area contributed by atoms with Crippen molar-refractivity contribution in [1.82, 2.24) is 9.47 Å². The minimum atomic E-state index is -1.31. The summed E-state index contributed by atoms with van der Waals surface area (Å²) < 4.78 is 16.9. The second-order valence-electron chi connectivity index (χ2n) is 9.31. The van der Waals surface area contributed by atoms with Crippen LogP contribution in [0.15, 0.2) is 47.4 Å². The van der Waals surface area contributed by atoms with Gasteiger partial charge in [-0.15, -0.1) is 0 Å². The van der Waals surface area contributed by atoms with Gasteiger partial charge in [-0.1, -0.05) is 17.7 Å². The molecule has 9 heteroatoms. The molecule has 0 spiro atoms. The molecule has 0 atom stereocenters. The smallest absolute Gasteiger partial charge is 0.341 e. The highest BCUT2D eigenvalue weighted by molar-refractivity contribution is 5.94. The Morgan fingerprint density at radius 2 is 1.77 bits per heavy atom. The Hall–Kier alpha value is -3.72. The summed E-state index contributed by atoms with van der Waals surface area (Å²) in [7, 11) is 0. The topological polar surface area (TPSA) is 94.9 Å². The first-order chi connectivity index (χ1) is 16.8. The molecular formula is C26H27FN4O4. The van der Waals surface area contributed by atoms with Gasteiger partial charge in [0.25, 0.3) is 0 Å². The minimum Gasteiger partial charge on any atom is -0.477 e. The summed E-state index contributed by atoms with van der Waals surface area (Å²) in [5, 5.41) is 12.4. The summed E-state index contributed by atoms with van der Waals surface area (Å²) in [4.78, 5) is 40.6. The average molecular weight is 479 g/mol. The summed E-state index contributed by atoms with van der Waals surface area (Å²) in [6.07, 6.45) is 3.18. The van der Waals surface area contributed by atoms with Crippen molar-refractivity contribution in [1.29, 1.82) is 0 Å². The largest absolute Gasteiger partial charge is 0.477 e. The molecule has 2 heterocycles. The van der Waals surface area contributed by atoms with E-state index in [0.29, 0.717) is 37.4 Å². The van der Waals surface area contributed by atoms with E-state index < -0.39 is 17.2 Å². The summed E-state index contributed by atoms with van der Waals surface area (Å²) in [5.74, 6) is -1.95. The van der Waals surface area contributed by atoms with Crippen LogP contribution in [0.25, 0.3) is 10.9 Å². The van der Waals surface area contributed by atoms with Crippen molar-refractivity contribution in [2.75, 3.05) is 42.9 Å². The molecule has 1 aliphatic heterocycles. The zero-order valence-corrected chi connectivity index (χ0v) is 19.5. The van der Waals surface area contributed by atoms with Gasteiger partial charge >= 0.3 is 5.97 Å². The number of carboxylic acid groups (broad SMARTS) is 1. The number of fused-ring (bicyclic) bond motifs is 1. The van der Waals surface area contributed by atoms with E-state index >= 15 is 4.39 Å². The maximum absolute atomic E-state index is 15.1. The van der Waals surface area contributed by atoms with Crippen molar-refractivity contribution in [3.8, 4) is 0 Å². The molecule has 0 radical (unpaired) electrons. The normalized spacial score (nSPS) is 16.5. The molecular weight excluding hydrogens is 451 g/mol. The molecule has 0 unspecified atom stereocenters. The van der Waals surface area contributed by atoms with E-state index in [1.165, 1.54) is 12.3 Å². The fraction of sp³-hybridized carbons (Fsp3) is 0.346. The molecule has 2 aliphatic rings. The third-order valence-electron chi connectivity index (χ3n) is 6.69. The number of nitrogens with zero attached hydrogens (tertiary/aromatic N) is 3. The quantitative estimate of drug-likeness (QED) is 0.565. The standard InChI is InChI=1S/C26H27FN4O4/c1-16-2-4-17(5-3-16)28-24(32)15-29-8-10-30(11-9-29)23-13-22-19(12-21(23)27)25(33)20(26(34)35)14-31(22)18-6-7-18/h2-5,12-14,18H,6-11,15H2,1H3,(H,28,32)(H,34,35). The van der Waals surface area contributed by atoms with Crippen LogP contribution in [0.2, 0.25) is 0 Å². The number of hydrogen-bond acceptors (Lipinski definition) is 5. The van der Waals surface area contributed by atoms with Crippen molar-refractivity contribution in [2.24, 2.45) is 0 Å². The van der Waals surface area contributed by atoms with Gasteiger partial charge in [0.05, 0.1) is 17.7 Å². The maximum Gasteiger partial charge on any atom is 0.341 e. The lowest BCUT2D eigenvalue weighted by molar-refractivity contribution is -0.117. The summed E-state index contributed by atoms with van der Waals surface area (Å²) in [6.45, 7) is 4.48. The van der Waals surface area contributed by atoms with Gasteiger partial charge in [0.1, 0.15) is 11.4 Å². The Morgan fingerprint density at radius 3 is 2.40 bits per heavy atom. The second kappa shape index (κ2) is 9.14. The Morgan fingerprint density at radius 1 is 1.09 bits per heavy atom. The first-order valence-corrected chi connectivity index (χ1v) is 11.8. The third-order valence-corrected chi connectivity index (χ3v) is 6.69.